The first-order valence-electron chi connectivity index (χ1n) is 17.2. The van der Waals surface area contributed by atoms with E-state index in [-0.39, 0.29) is 5.82 Å². The summed E-state index contributed by atoms with van der Waals surface area (Å²) in [6, 6.07) is 15.8. The van der Waals surface area contributed by atoms with Crippen molar-refractivity contribution in [1.82, 2.24) is 0 Å². The molecule has 0 saturated heterocycles. The van der Waals surface area contributed by atoms with Crippen molar-refractivity contribution >= 4 is 5.57 Å². The molecule has 0 heterocycles. The first kappa shape index (κ1) is 29.6. The first-order valence-corrected chi connectivity index (χ1v) is 17.2. The van der Waals surface area contributed by atoms with E-state index in [9.17, 15) is 0 Å². The van der Waals surface area contributed by atoms with E-state index in [1.165, 1.54) is 119 Å². The summed E-state index contributed by atoms with van der Waals surface area (Å²) in [5.74, 6) is 3.87. The van der Waals surface area contributed by atoms with Gasteiger partial charge in [-0.2, -0.15) is 0 Å². The van der Waals surface area contributed by atoms with Crippen molar-refractivity contribution in [2.75, 3.05) is 0 Å². The SMILES string of the molecule is CCCCCC1CCC(c2ccc(C3=CCC(C4CCC(c5ccc(CCCC)cc5)CC4)CC3)c(F)c2)CC1. The zero-order valence-corrected chi connectivity index (χ0v) is 25.6. The molecule has 1 atom stereocenters. The minimum atomic E-state index is 0.0218. The van der Waals surface area contributed by atoms with Crippen LogP contribution in [0, 0.1) is 23.6 Å². The lowest BCUT2D eigenvalue weighted by Gasteiger charge is -2.36. The van der Waals surface area contributed by atoms with Crippen molar-refractivity contribution in [2.24, 2.45) is 17.8 Å². The maximum atomic E-state index is 15.4. The van der Waals surface area contributed by atoms with Crippen LogP contribution in [0.4, 0.5) is 4.39 Å². The third-order valence-electron chi connectivity index (χ3n) is 11.0. The first-order chi connectivity index (χ1) is 19.6. The van der Waals surface area contributed by atoms with Crippen molar-refractivity contribution in [3.63, 3.8) is 0 Å². The Kier molecular flexibility index (Phi) is 11.0. The van der Waals surface area contributed by atoms with Crippen LogP contribution in [-0.2, 0) is 6.42 Å². The Morgan fingerprint density at radius 2 is 1.35 bits per heavy atom. The Balaban J connectivity index is 1.09. The van der Waals surface area contributed by atoms with E-state index in [1.807, 2.05) is 6.07 Å². The van der Waals surface area contributed by atoms with Crippen LogP contribution in [0.2, 0.25) is 0 Å². The lowest BCUT2D eigenvalue weighted by molar-refractivity contribution is 0.220. The molecule has 0 aromatic heterocycles. The molecule has 2 fully saturated rings. The molecule has 3 aliphatic rings. The number of aryl methyl sites for hydroxylation is 1. The van der Waals surface area contributed by atoms with Gasteiger partial charge in [-0.25, -0.2) is 4.39 Å². The molecule has 2 aromatic carbocycles. The molecule has 3 aliphatic carbocycles. The Bertz CT molecular complexity index is 1060. The van der Waals surface area contributed by atoms with Crippen LogP contribution in [0.3, 0.4) is 0 Å². The van der Waals surface area contributed by atoms with Gasteiger partial charge in [0, 0.05) is 5.56 Å². The van der Waals surface area contributed by atoms with E-state index >= 15 is 4.39 Å². The second-order valence-corrected chi connectivity index (χ2v) is 13.7. The van der Waals surface area contributed by atoms with Crippen molar-refractivity contribution in [3.8, 4) is 0 Å². The van der Waals surface area contributed by atoms with Crippen LogP contribution in [0.15, 0.2) is 48.5 Å². The van der Waals surface area contributed by atoms with Gasteiger partial charge in [-0.05, 0) is 141 Å². The average molecular weight is 543 g/mol. The van der Waals surface area contributed by atoms with Gasteiger partial charge in [0.25, 0.3) is 0 Å². The second-order valence-electron chi connectivity index (χ2n) is 13.7. The average Bonchev–Trinajstić information content (AvgIpc) is 3.01. The molecule has 0 bridgehead atoms. The number of unbranched alkanes of at least 4 members (excludes halogenated alkanes) is 3. The molecule has 0 amide bonds. The Hall–Kier alpha value is -1.89. The van der Waals surface area contributed by atoms with E-state index in [0.29, 0.717) is 5.92 Å². The highest BCUT2D eigenvalue weighted by Gasteiger charge is 2.30. The molecule has 5 rings (SSSR count). The third-order valence-corrected chi connectivity index (χ3v) is 11.0. The largest absolute Gasteiger partial charge is 0.206 e. The monoisotopic (exact) mass is 542 g/mol. The summed E-state index contributed by atoms with van der Waals surface area (Å²) >= 11 is 0. The van der Waals surface area contributed by atoms with Gasteiger partial charge in [0.1, 0.15) is 5.82 Å². The molecule has 218 valence electrons. The van der Waals surface area contributed by atoms with Gasteiger partial charge in [-0.1, -0.05) is 88.4 Å². The van der Waals surface area contributed by atoms with E-state index < -0.39 is 0 Å². The normalized spacial score (nSPS) is 27.4. The molecule has 0 aliphatic heterocycles. The molecule has 1 heteroatoms. The quantitative estimate of drug-likeness (QED) is 0.248. The van der Waals surface area contributed by atoms with Crippen LogP contribution in [0.5, 0.6) is 0 Å². The highest BCUT2D eigenvalue weighted by atomic mass is 19.1. The predicted octanol–water partition coefficient (Wildman–Crippen LogP) is 12.2. The summed E-state index contributed by atoms with van der Waals surface area (Å²) in [4.78, 5) is 0. The fourth-order valence-corrected chi connectivity index (χ4v) is 8.30. The van der Waals surface area contributed by atoms with E-state index in [2.05, 4.69) is 56.3 Å². The fraction of sp³-hybridized carbons (Fsp3) is 0.641. The van der Waals surface area contributed by atoms with Crippen LogP contribution < -0.4 is 0 Å². The standard InChI is InChI=1S/C39H55F/c1-3-5-7-9-30-12-16-35(17-13-30)37-26-27-38(39(40)28-37)36-24-22-34(23-25-36)33-20-18-32(19-21-33)31-14-10-29(11-15-31)8-6-4-2/h10-11,14-15,24,26-28,30,32-35H,3-9,12-13,16-23,25H2,1-2H3. The lowest BCUT2D eigenvalue weighted by Crippen LogP contribution is -2.22. The van der Waals surface area contributed by atoms with Gasteiger partial charge in [0.05, 0.1) is 0 Å². The molecular formula is C39H55F. The topological polar surface area (TPSA) is 0 Å². The number of rotatable bonds is 11. The summed E-state index contributed by atoms with van der Waals surface area (Å²) in [5.41, 5.74) is 6.44. The van der Waals surface area contributed by atoms with Crippen LogP contribution in [-0.4, -0.2) is 0 Å². The summed E-state index contributed by atoms with van der Waals surface area (Å²) in [6.07, 6.45) is 25.6. The van der Waals surface area contributed by atoms with Crippen molar-refractivity contribution in [1.29, 1.82) is 0 Å². The summed E-state index contributed by atoms with van der Waals surface area (Å²) in [6.45, 7) is 4.56. The Morgan fingerprint density at radius 1 is 0.675 bits per heavy atom. The van der Waals surface area contributed by atoms with E-state index in [1.54, 1.807) is 5.56 Å². The van der Waals surface area contributed by atoms with Gasteiger partial charge < -0.3 is 0 Å². The minimum Gasteiger partial charge on any atom is -0.206 e. The highest BCUT2D eigenvalue weighted by molar-refractivity contribution is 5.67. The molecule has 0 nitrogen and oxygen atoms in total. The maximum Gasteiger partial charge on any atom is 0.130 e. The Labute approximate surface area is 245 Å². The molecule has 0 radical (unpaired) electrons. The van der Waals surface area contributed by atoms with Crippen LogP contribution in [0.1, 0.15) is 157 Å². The molecule has 2 aromatic rings. The number of hydrogen-bond acceptors (Lipinski definition) is 0. The number of allylic oxidation sites excluding steroid dienone is 2. The van der Waals surface area contributed by atoms with Gasteiger partial charge in [-0.3, -0.25) is 0 Å². The smallest absolute Gasteiger partial charge is 0.130 e. The predicted molar refractivity (Wildman–Crippen MR) is 170 cm³/mol. The van der Waals surface area contributed by atoms with Crippen LogP contribution in [0.25, 0.3) is 5.57 Å². The molecule has 40 heavy (non-hydrogen) atoms. The van der Waals surface area contributed by atoms with Crippen LogP contribution >= 0.6 is 0 Å². The molecular weight excluding hydrogens is 487 g/mol. The molecule has 1 unspecified atom stereocenters. The fourth-order valence-electron chi connectivity index (χ4n) is 8.30. The number of hydrogen-bond donors (Lipinski definition) is 0. The second kappa shape index (κ2) is 14.8. The molecule has 2 saturated carbocycles. The van der Waals surface area contributed by atoms with E-state index in [4.69, 9.17) is 0 Å². The van der Waals surface area contributed by atoms with Crippen molar-refractivity contribution in [3.05, 3.63) is 76.6 Å². The summed E-state index contributed by atoms with van der Waals surface area (Å²) < 4.78 is 15.4. The van der Waals surface area contributed by atoms with E-state index in [0.717, 1.165) is 42.1 Å². The summed E-state index contributed by atoms with van der Waals surface area (Å²) in [7, 11) is 0. The van der Waals surface area contributed by atoms with Gasteiger partial charge in [0.15, 0.2) is 0 Å². The zero-order valence-electron chi connectivity index (χ0n) is 25.6. The van der Waals surface area contributed by atoms with Gasteiger partial charge >= 0.3 is 0 Å². The Morgan fingerprint density at radius 3 is 2.00 bits per heavy atom. The highest BCUT2D eigenvalue weighted by Crippen LogP contribution is 2.44. The van der Waals surface area contributed by atoms with Gasteiger partial charge in [0.2, 0.25) is 0 Å². The summed E-state index contributed by atoms with van der Waals surface area (Å²) in [5, 5.41) is 0. The number of benzene rings is 2. The van der Waals surface area contributed by atoms with Crippen molar-refractivity contribution in [2.45, 2.75) is 141 Å². The van der Waals surface area contributed by atoms with Crippen molar-refractivity contribution < 1.29 is 4.39 Å². The number of halogens is 1. The lowest BCUT2D eigenvalue weighted by atomic mass is 9.70. The maximum absolute atomic E-state index is 15.4. The molecule has 0 spiro atoms. The van der Waals surface area contributed by atoms with Gasteiger partial charge in [-0.15, -0.1) is 0 Å². The third kappa shape index (κ3) is 7.68. The zero-order chi connectivity index (χ0) is 27.7. The minimum absolute atomic E-state index is 0.0218. The molecule has 0 N–H and O–H groups in total.